The first-order valence-electron chi connectivity index (χ1n) is 10.2. The van der Waals surface area contributed by atoms with E-state index in [9.17, 15) is 34.0 Å². The molecule has 0 aliphatic carbocycles. The SMILES string of the molecule is COc1cc(NS(=O)(=O)N2CCN(S(=O)(=O)N(C)C)CC2)nc(S(=O)(=O)Cc2cccc(F)c2F)n1. The predicted octanol–water partition coefficient (Wildman–Crippen LogP) is -0.182. The van der Waals surface area contributed by atoms with Crippen molar-refractivity contribution < 1.29 is 38.8 Å². The fraction of sp³-hybridized carbons (Fsp3) is 0.444. The number of anilines is 1. The molecule has 0 spiro atoms. The summed E-state index contributed by atoms with van der Waals surface area (Å²) in [5, 5.41) is -0.870. The van der Waals surface area contributed by atoms with Crippen LogP contribution in [0.5, 0.6) is 5.88 Å². The molecule has 0 unspecified atom stereocenters. The van der Waals surface area contributed by atoms with Crippen molar-refractivity contribution in [2.24, 2.45) is 0 Å². The molecule has 18 heteroatoms. The molecule has 1 saturated heterocycles. The van der Waals surface area contributed by atoms with E-state index in [2.05, 4.69) is 14.7 Å². The number of nitrogens with one attached hydrogen (secondary N) is 1. The van der Waals surface area contributed by atoms with E-state index in [1.807, 2.05) is 0 Å². The molecule has 2 aromatic rings. The highest BCUT2D eigenvalue weighted by molar-refractivity contribution is 7.90. The number of ether oxygens (including phenoxy) is 1. The molecular formula is C18H24F2N6O7S3. The van der Waals surface area contributed by atoms with E-state index < -0.39 is 64.2 Å². The van der Waals surface area contributed by atoms with Crippen molar-refractivity contribution in [2.45, 2.75) is 10.9 Å². The molecule has 1 aliphatic heterocycles. The molecule has 0 saturated carbocycles. The lowest BCUT2D eigenvalue weighted by atomic mass is 10.2. The van der Waals surface area contributed by atoms with Gasteiger partial charge in [-0.2, -0.15) is 39.7 Å². The summed E-state index contributed by atoms with van der Waals surface area (Å²) < 4.78 is 114. The van der Waals surface area contributed by atoms with Gasteiger partial charge in [0.1, 0.15) is 5.82 Å². The minimum absolute atomic E-state index is 0.104. The Morgan fingerprint density at radius 3 is 2.19 bits per heavy atom. The minimum Gasteiger partial charge on any atom is -0.481 e. The highest BCUT2D eigenvalue weighted by Crippen LogP contribution is 2.23. The third-order valence-corrected chi connectivity index (χ3v) is 9.99. The topological polar surface area (TPSA) is 159 Å². The second-order valence-electron chi connectivity index (χ2n) is 7.75. The Labute approximate surface area is 208 Å². The lowest BCUT2D eigenvalue weighted by Gasteiger charge is -2.34. The Morgan fingerprint density at radius 1 is 1.00 bits per heavy atom. The van der Waals surface area contributed by atoms with Gasteiger partial charge in [0.15, 0.2) is 11.6 Å². The van der Waals surface area contributed by atoms with Gasteiger partial charge in [-0.25, -0.2) is 17.2 Å². The molecule has 13 nitrogen and oxygen atoms in total. The summed E-state index contributed by atoms with van der Waals surface area (Å²) in [7, 11) is -8.58. The van der Waals surface area contributed by atoms with Gasteiger partial charge in [-0.3, -0.25) is 4.72 Å². The monoisotopic (exact) mass is 570 g/mol. The van der Waals surface area contributed by atoms with Crippen LogP contribution in [0.15, 0.2) is 29.4 Å². The van der Waals surface area contributed by atoms with Gasteiger partial charge in [-0.15, -0.1) is 0 Å². The van der Waals surface area contributed by atoms with Gasteiger partial charge in [0, 0.05) is 51.9 Å². The molecule has 36 heavy (non-hydrogen) atoms. The number of rotatable bonds is 9. The fourth-order valence-electron chi connectivity index (χ4n) is 3.20. The Bertz CT molecular complexity index is 1450. The van der Waals surface area contributed by atoms with Gasteiger partial charge in [0.25, 0.3) is 15.4 Å². The number of halogens is 2. The van der Waals surface area contributed by atoms with Crippen LogP contribution in [-0.4, -0.2) is 95.5 Å². The molecule has 2 heterocycles. The summed E-state index contributed by atoms with van der Waals surface area (Å²) in [6, 6.07) is 4.08. The summed E-state index contributed by atoms with van der Waals surface area (Å²) in [6.07, 6.45) is 0. The third kappa shape index (κ3) is 6.06. The van der Waals surface area contributed by atoms with E-state index >= 15 is 0 Å². The molecule has 0 atom stereocenters. The van der Waals surface area contributed by atoms with E-state index in [1.54, 1.807) is 0 Å². The lowest BCUT2D eigenvalue weighted by molar-refractivity contribution is 0.263. The van der Waals surface area contributed by atoms with Crippen LogP contribution in [0, 0.1) is 11.6 Å². The number of nitrogens with zero attached hydrogens (tertiary/aromatic N) is 5. The van der Waals surface area contributed by atoms with Crippen LogP contribution in [-0.2, 0) is 36.0 Å². The fourth-order valence-corrected chi connectivity index (χ4v) is 6.65. The second-order valence-corrected chi connectivity index (χ2v) is 13.4. The average Bonchev–Trinajstić information content (AvgIpc) is 2.81. The summed E-state index contributed by atoms with van der Waals surface area (Å²) in [5.41, 5.74) is -0.464. The smallest absolute Gasteiger partial charge is 0.302 e. The van der Waals surface area contributed by atoms with Crippen LogP contribution in [0.1, 0.15) is 5.56 Å². The predicted molar refractivity (Wildman–Crippen MR) is 124 cm³/mol. The van der Waals surface area contributed by atoms with Crippen molar-refractivity contribution in [1.29, 1.82) is 0 Å². The maximum absolute atomic E-state index is 14.0. The lowest BCUT2D eigenvalue weighted by Crippen LogP contribution is -2.54. The molecule has 0 radical (unpaired) electrons. The van der Waals surface area contributed by atoms with E-state index in [0.29, 0.717) is 0 Å². The molecule has 0 bridgehead atoms. The van der Waals surface area contributed by atoms with Crippen molar-refractivity contribution in [3.05, 3.63) is 41.5 Å². The summed E-state index contributed by atoms with van der Waals surface area (Å²) >= 11 is 0. The number of hydrogen-bond acceptors (Lipinski definition) is 9. The maximum atomic E-state index is 14.0. The largest absolute Gasteiger partial charge is 0.481 e. The van der Waals surface area contributed by atoms with Gasteiger partial charge < -0.3 is 4.74 Å². The highest BCUT2D eigenvalue weighted by Gasteiger charge is 2.34. The molecule has 1 aromatic heterocycles. The Kier molecular flexibility index (Phi) is 8.16. The number of benzene rings is 1. The van der Waals surface area contributed by atoms with E-state index in [1.165, 1.54) is 14.1 Å². The van der Waals surface area contributed by atoms with Crippen LogP contribution in [0.4, 0.5) is 14.6 Å². The van der Waals surface area contributed by atoms with Crippen molar-refractivity contribution in [3.63, 3.8) is 0 Å². The zero-order valence-electron chi connectivity index (χ0n) is 19.4. The molecule has 1 N–H and O–H groups in total. The van der Waals surface area contributed by atoms with Crippen molar-refractivity contribution in [2.75, 3.05) is 52.1 Å². The molecule has 3 rings (SSSR count). The van der Waals surface area contributed by atoms with Crippen molar-refractivity contribution in [1.82, 2.24) is 22.9 Å². The van der Waals surface area contributed by atoms with E-state index in [-0.39, 0.29) is 32.1 Å². The summed E-state index contributed by atoms with van der Waals surface area (Å²) in [6.45, 7) is -0.552. The zero-order valence-corrected chi connectivity index (χ0v) is 21.9. The molecule has 1 fully saturated rings. The molecular weight excluding hydrogens is 546 g/mol. The maximum Gasteiger partial charge on any atom is 0.302 e. The van der Waals surface area contributed by atoms with Crippen LogP contribution in [0.3, 0.4) is 0 Å². The van der Waals surface area contributed by atoms with Gasteiger partial charge in [0.2, 0.25) is 15.7 Å². The molecule has 1 aromatic carbocycles. The molecule has 0 amide bonds. The zero-order chi connectivity index (χ0) is 26.9. The quantitative estimate of drug-likeness (QED) is 0.404. The number of hydrogen-bond donors (Lipinski definition) is 1. The molecule has 200 valence electrons. The average molecular weight is 571 g/mol. The first-order chi connectivity index (χ1) is 16.7. The van der Waals surface area contributed by atoms with Crippen LogP contribution < -0.4 is 9.46 Å². The summed E-state index contributed by atoms with van der Waals surface area (Å²) in [4.78, 5) is 7.44. The van der Waals surface area contributed by atoms with Crippen LogP contribution in [0.2, 0.25) is 0 Å². The normalized spacial score (nSPS) is 16.3. The Hall–Kier alpha value is -2.51. The first kappa shape index (κ1) is 28.1. The second kappa shape index (κ2) is 10.5. The Morgan fingerprint density at radius 2 is 1.61 bits per heavy atom. The minimum atomic E-state index is -4.46. The van der Waals surface area contributed by atoms with E-state index in [0.717, 1.165) is 44.3 Å². The van der Waals surface area contributed by atoms with Crippen LogP contribution in [0.25, 0.3) is 0 Å². The first-order valence-corrected chi connectivity index (χ1v) is 14.7. The highest BCUT2D eigenvalue weighted by atomic mass is 32.2. The molecule has 1 aliphatic rings. The van der Waals surface area contributed by atoms with Crippen molar-refractivity contribution >= 4 is 36.1 Å². The van der Waals surface area contributed by atoms with Crippen LogP contribution >= 0.6 is 0 Å². The van der Waals surface area contributed by atoms with E-state index in [4.69, 9.17) is 4.74 Å². The van der Waals surface area contributed by atoms with Gasteiger partial charge in [-0.1, -0.05) is 12.1 Å². The Balaban J connectivity index is 1.83. The number of methoxy groups -OCH3 is 1. The van der Waals surface area contributed by atoms with Gasteiger partial charge in [0.05, 0.1) is 12.9 Å². The number of sulfone groups is 1. The third-order valence-electron chi connectivity index (χ3n) is 5.11. The van der Waals surface area contributed by atoms with Gasteiger partial charge >= 0.3 is 10.2 Å². The summed E-state index contributed by atoms with van der Waals surface area (Å²) in [5.74, 6) is -4.33. The standard InChI is InChI=1S/C18H24F2N6O7S3/c1-24(2)36(31,32)26-9-7-25(8-10-26)35(29,30)23-15-11-16(33-3)22-18(21-15)34(27,28)12-13-5-4-6-14(19)17(13)20/h4-6,11H,7-10,12H2,1-3H3,(H,21,22,23). The van der Waals surface area contributed by atoms with Gasteiger partial charge in [-0.05, 0) is 6.07 Å². The number of aromatic nitrogens is 2. The van der Waals surface area contributed by atoms with Crippen molar-refractivity contribution in [3.8, 4) is 5.88 Å². The number of piperazine rings is 1.